The quantitative estimate of drug-likeness (QED) is 0.659. The number of aliphatic hydroxyl groups excluding tert-OH is 1. The number of hydrogen-bond donors (Lipinski definition) is 1. The molecule has 0 saturated carbocycles. The van der Waals surface area contributed by atoms with Crippen molar-refractivity contribution in [1.82, 2.24) is 0 Å². The fourth-order valence-electron chi connectivity index (χ4n) is 1.52. The maximum atomic E-state index is 12.2. The third-order valence-corrected chi connectivity index (χ3v) is 2.40. The first-order chi connectivity index (χ1) is 5.63. The smallest absolute Gasteiger partial charge is 0.116 e. The molecule has 2 heteroatoms. The van der Waals surface area contributed by atoms with Gasteiger partial charge in [0.25, 0.3) is 0 Å². The van der Waals surface area contributed by atoms with Gasteiger partial charge in [-0.1, -0.05) is 33.6 Å². The molecule has 0 spiro atoms. The van der Waals surface area contributed by atoms with Crippen molar-refractivity contribution < 1.29 is 9.50 Å². The molecular weight excluding hydrogens is 155 g/mol. The average molecular weight is 176 g/mol. The Morgan fingerprint density at radius 3 is 2.25 bits per heavy atom. The van der Waals surface area contributed by atoms with Gasteiger partial charge in [0.2, 0.25) is 0 Å². The highest BCUT2D eigenvalue weighted by Gasteiger charge is 2.21. The largest absolute Gasteiger partial charge is 0.390 e. The van der Waals surface area contributed by atoms with Crippen molar-refractivity contribution >= 4 is 0 Å². The lowest BCUT2D eigenvalue weighted by Gasteiger charge is -2.24. The Morgan fingerprint density at radius 1 is 1.33 bits per heavy atom. The van der Waals surface area contributed by atoms with Crippen LogP contribution in [0.4, 0.5) is 4.39 Å². The van der Waals surface area contributed by atoms with Crippen LogP contribution in [0.2, 0.25) is 0 Å². The van der Waals surface area contributed by atoms with E-state index in [1.807, 2.05) is 13.8 Å². The second-order valence-corrected chi connectivity index (χ2v) is 3.77. The van der Waals surface area contributed by atoms with Crippen molar-refractivity contribution in [2.75, 3.05) is 6.67 Å². The summed E-state index contributed by atoms with van der Waals surface area (Å²) in [4.78, 5) is 0. The molecule has 0 aromatic heterocycles. The highest BCUT2D eigenvalue weighted by atomic mass is 19.1. The minimum absolute atomic E-state index is 0.134. The van der Waals surface area contributed by atoms with Gasteiger partial charge in [-0.05, 0) is 18.3 Å². The summed E-state index contributed by atoms with van der Waals surface area (Å²) in [5, 5.41) is 9.34. The van der Waals surface area contributed by atoms with Crippen LogP contribution < -0.4 is 0 Å². The third kappa shape index (κ3) is 4.05. The maximum Gasteiger partial charge on any atom is 0.116 e. The standard InChI is InChI=1S/C10H21FO/c1-4-5-6-9(8(2)3)10(12)7-11/h8-10,12H,4-7H2,1-3H3. The number of hydrogen-bond acceptors (Lipinski definition) is 1. The maximum absolute atomic E-state index is 12.2. The van der Waals surface area contributed by atoms with Gasteiger partial charge in [-0.2, -0.15) is 0 Å². The zero-order valence-corrected chi connectivity index (χ0v) is 8.39. The van der Waals surface area contributed by atoms with Gasteiger partial charge < -0.3 is 5.11 Å². The van der Waals surface area contributed by atoms with Crippen molar-refractivity contribution in [2.24, 2.45) is 11.8 Å². The Morgan fingerprint density at radius 2 is 1.92 bits per heavy atom. The molecule has 0 heterocycles. The van der Waals surface area contributed by atoms with E-state index in [0.717, 1.165) is 19.3 Å². The summed E-state index contributed by atoms with van der Waals surface area (Å²) in [7, 11) is 0. The minimum Gasteiger partial charge on any atom is -0.390 e. The van der Waals surface area contributed by atoms with Crippen molar-refractivity contribution in [3.05, 3.63) is 0 Å². The van der Waals surface area contributed by atoms with Crippen LogP contribution in [0.15, 0.2) is 0 Å². The minimum atomic E-state index is -0.753. The number of rotatable bonds is 6. The van der Waals surface area contributed by atoms with Crippen molar-refractivity contribution in [3.8, 4) is 0 Å². The summed E-state index contributed by atoms with van der Waals surface area (Å²) >= 11 is 0. The van der Waals surface area contributed by atoms with Crippen LogP contribution in [0.25, 0.3) is 0 Å². The van der Waals surface area contributed by atoms with Crippen LogP contribution in [0.5, 0.6) is 0 Å². The predicted octanol–water partition coefficient (Wildman–Crippen LogP) is 2.78. The fourth-order valence-corrected chi connectivity index (χ4v) is 1.52. The zero-order valence-electron chi connectivity index (χ0n) is 8.39. The number of alkyl halides is 1. The number of halogens is 1. The van der Waals surface area contributed by atoms with Crippen LogP contribution in [0.1, 0.15) is 40.0 Å². The first-order valence-electron chi connectivity index (χ1n) is 4.87. The Hall–Kier alpha value is -0.110. The Bertz CT molecular complexity index is 104. The second kappa shape index (κ2) is 6.41. The monoisotopic (exact) mass is 176 g/mol. The summed E-state index contributed by atoms with van der Waals surface area (Å²) in [6.45, 7) is 5.59. The van der Waals surface area contributed by atoms with Crippen LogP contribution in [-0.2, 0) is 0 Å². The van der Waals surface area contributed by atoms with Crippen molar-refractivity contribution in [3.63, 3.8) is 0 Å². The fraction of sp³-hybridized carbons (Fsp3) is 1.00. The van der Waals surface area contributed by atoms with Gasteiger partial charge in [0.15, 0.2) is 0 Å². The Kier molecular flexibility index (Phi) is 6.35. The van der Waals surface area contributed by atoms with Crippen LogP contribution in [0.3, 0.4) is 0 Å². The van der Waals surface area contributed by atoms with Crippen LogP contribution >= 0.6 is 0 Å². The van der Waals surface area contributed by atoms with E-state index < -0.39 is 12.8 Å². The lowest BCUT2D eigenvalue weighted by molar-refractivity contribution is 0.0525. The van der Waals surface area contributed by atoms with E-state index in [1.54, 1.807) is 0 Å². The summed E-state index contributed by atoms with van der Waals surface area (Å²) < 4.78 is 12.2. The molecule has 12 heavy (non-hydrogen) atoms. The van der Waals surface area contributed by atoms with E-state index in [9.17, 15) is 9.50 Å². The van der Waals surface area contributed by atoms with Gasteiger partial charge in [0.05, 0.1) is 6.10 Å². The lowest BCUT2D eigenvalue weighted by atomic mass is 9.86. The molecule has 0 aromatic rings. The molecule has 0 amide bonds. The molecule has 2 unspecified atom stereocenters. The van der Waals surface area contributed by atoms with Gasteiger partial charge in [0.1, 0.15) is 6.67 Å². The molecule has 0 aliphatic heterocycles. The number of aliphatic hydroxyl groups is 1. The molecule has 0 aliphatic rings. The SMILES string of the molecule is CCCCC(C(C)C)C(O)CF. The molecular formula is C10H21FO. The van der Waals surface area contributed by atoms with Gasteiger partial charge in [-0.3, -0.25) is 0 Å². The normalized spacial score (nSPS) is 16.5. The number of unbranched alkanes of at least 4 members (excludes halogenated alkanes) is 1. The molecule has 0 saturated heterocycles. The summed E-state index contributed by atoms with van der Waals surface area (Å²) in [5.74, 6) is 0.511. The third-order valence-electron chi connectivity index (χ3n) is 2.40. The summed E-state index contributed by atoms with van der Waals surface area (Å²) in [5.41, 5.74) is 0. The van der Waals surface area contributed by atoms with Gasteiger partial charge in [0, 0.05) is 0 Å². The van der Waals surface area contributed by atoms with E-state index in [-0.39, 0.29) is 5.92 Å². The first kappa shape index (κ1) is 11.9. The molecule has 0 rings (SSSR count). The van der Waals surface area contributed by atoms with Crippen LogP contribution in [-0.4, -0.2) is 17.9 Å². The Balaban J connectivity index is 3.85. The van der Waals surface area contributed by atoms with Gasteiger partial charge >= 0.3 is 0 Å². The van der Waals surface area contributed by atoms with Crippen molar-refractivity contribution in [2.45, 2.75) is 46.1 Å². The van der Waals surface area contributed by atoms with E-state index in [0.29, 0.717) is 5.92 Å². The van der Waals surface area contributed by atoms with E-state index >= 15 is 0 Å². The molecule has 0 aliphatic carbocycles. The highest BCUT2D eigenvalue weighted by Crippen LogP contribution is 2.22. The topological polar surface area (TPSA) is 20.2 Å². The molecule has 1 N–H and O–H groups in total. The van der Waals surface area contributed by atoms with Crippen molar-refractivity contribution in [1.29, 1.82) is 0 Å². The lowest BCUT2D eigenvalue weighted by Crippen LogP contribution is -2.26. The van der Waals surface area contributed by atoms with Gasteiger partial charge in [-0.25, -0.2) is 4.39 Å². The molecule has 74 valence electrons. The summed E-state index contributed by atoms with van der Waals surface area (Å²) in [6.07, 6.45) is 2.39. The molecule has 2 atom stereocenters. The van der Waals surface area contributed by atoms with E-state index in [4.69, 9.17) is 0 Å². The van der Waals surface area contributed by atoms with Gasteiger partial charge in [-0.15, -0.1) is 0 Å². The van der Waals surface area contributed by atoms with E-state index in [2.05, 4.69) is 6.92 Å². The second-order valence-electron chi connectivity index (χ2n) is 3.77. The van der Waals surface area contributed by atoms with E-state index in [1.165, 1.54) is 0 Å². The molecule has 0 radical (unpaired) electrons. The molecule has 0 fully saturated rings. The average Bonchev–Trinajstić information content (AvgIpc) is 2.04. The molecule has 1 nitrogen and oxygen atoms in total. The Labute approximate surface area is 75.0 Å². The molecule has 0 aromatic carbocycles. The van der Waals surface area contributed by atoms with Crippen LogP contribution in [0, 0.1) is 11.8 Å². The predicted molar refractivity (Wildman–Crippen MR) is 49.8 cm³/mol. The summed E-state index contributed by atoms with van der Waals surface area (Å²) in [6, 6.07) is 0. The zero-order chi connectivity index (χ0) is 9.56. The molecule has 0 bridgehead atoms. The first-order valence-corrected chi connectivity index (χ1v) is 4.87. The highest BCUT2D eigenvalue weighted by molar-refractivity contribution is 4.71.